The summed E-state index contributed by atoms with van der Waals surface area (Å²) in [6, 6.07) is 9.21. The molecule has 8 heteroatoms. The molecule has 0 radical (unpaired) electrons. The summed E-state index contributed by atoms with van der Waals surface area (Å²) in [7, 11) is 0. The number of carbonyl (C=O) groups is 1. The number of nitrogens with one attached hydrogen (secondary N) is 1. The summed E-state index contributed by atoms with van der Waals surface area (Å²) in [5, 5.41) is 14.2. The molecule has 178 valence electrons. The van der Waals surface area contributed by atoms with Crippen molar-refractivity contribution in [3.8, 4) is 11.3 Å². The number of aliphatic hydroxyl groups excluding tert-OH is 1. The molecule has 34 heavy (non-hydrogen) atoms. The summed E-state index contributed by atoms with van der Waals surface area (Å²) in [5.74, 6) is 0.537. The second-order valence-corrected chi connectivity index (χ2v) is 9.70. The number of benzene rings is 1. The van der Waals surface area contributed by atoms with Gasteiger partial charge in [-0.05, 0) is 49.1 Å². The van der Waals surface area contributed by atoms with Gasteiger partial charge in [-0.1, -0.05) is 43.0 Å². The highest BCUT2D eigenvalue weighted by molar-refractivity contribution is 6.30. The van der Waals surface area contributed by atoms with Crippen LogP contribution in [0.4, 0.5) is 5.95 Å². The zero-order chi connectivity index (χ0) is 23.7. The van der Waals surface area contributed by atoms with Crippen molar-refractivity contribution in [2.75, 3.05) is 18.5 Å². The topological polar surface area (TPSA) is 83.3 Å². The maximum Gasteiger partial charge on any atom is 0.271 e. The molecule has 1 aliphatic heterocycles. The van der Waals surface area contributed by atoms with E-state index in [0.717, 1.165) is 35.2 Å². The van der Waals surface area contributed by atoms with Crippen LogP contribution in [-0.4, -0.2) is 49.6 Å². The van der Waals surface area contributed by atoms with Crippen molar-refractivity contribution < 1.29 is 9.90 Å². The van der Waals surface area contributed by atoms with Crippen LogP contribution in [0, 0.1) is 6.92 Å². The number of rotatable bonds is 6. The van der Waals surface area contributed by atoms with Gasteiger partial charge in [0.15, 0.2) is 0 Å². The summed E-state index contributed by atoms with van der Waals surface area (Å²) in [4.78, 5) is 24.5. The van der Waals surface area contributed by atoms with E-state index in [-0.39, 0.29) is 12.5 Å². The van der Waals surface area contributed by atoms with Crippen molar-refractivity contribution in [3.05, 3.63) is 64.6 Å². The van der Waals surface area contributed by atoms with E-state index in [0.29, 0.717) is 35.8 Å². The molecule has 1 aliphatic carbocycles. The normalized spacial score (nSPS) is 17.5. The smallest absolute Gasteiger partial charge is 0.271 e. The highest BCUT2D eigenvalue weighted by atomic mass is 35.5. The lowest BCUT2D eigenvalue weighted by Gasteiger charge is -2.34. The van der Waals surface area contributed by atoms with Gasteiger partial charge in [0.25, 0.3) is 5.91 Å². The quantitative estimate of drug-likeness (QED) is 0.528. The number of amides is 1. The van der Waals surface area contributed by atoms with Crippen LogP contribution < -0.4 is 5.32 Å². The van der Waals surface area contributed by atoms with Crippen molar-refractivity contribution in [3.63, 3.8) is 0 Å². The van der Waals surface area contributed by atoms with Gasteiger partial charge in [0, 0.05) is 42.1 Å². The fourth-order valence-corrected chi connectivity index (χ4v) is 5.30. The van der Waals surface area contributed by atoms with Gasteiger partial charge in [-0.25, -0.2) is 9.97 Å². The van der Waals surface area contributed by atoms with Gasteiger partial charge in [-0.3, -0.25) is 4.79 Å². The third-order valence-corrected chi connectivity index (χ3v) is 7.16. The predicted molar refractivity (Wildman–Crippen MR) is 133 cm³/mol. The Labute approximate surface area is 204 Å². The Kier molecular flexibility index (Phi) is 6.57. The number of aromatic nitrogens is 3. The largest absolute Gasteiger partial charge is 0.394 e. The molecular formula is C26H30ClN5O2. The molecule has 2 N–H and O–H groups in total. The first-order valence-electron chi connectivity index (χ1n) is 12.0. The maximum absolute atomic E-state index is 13.5. The fourth-order valence-electron chi connectivity index (χ4n) is 5.10. The molecule has 3 aromatic rings. The van der Waals surface area contributed by atoms with Gasteiger partial charge >= 0.3 is 0 Å². The van der Waals surface area contributed by atoms with E-state index < -0.39 is 6.04 Å². The van der Waals surface area contributed by atoms with Crippen LogP contribution in [0.25, 0.3) is 11.3 Å². The number of aryl methyl sites for hydroxylation is 1. The van der Waals surface area contributed by atoms with E-state index in [2.05, 4.69) is 10.3 Å². The van der Waals surface area contributed by atoms with Crippen molar-refractivity contribution in [2.24, 2.45) is 0 Å². The van der Waals surface area contributed by atoms with Crippen LogP contribution >= 0.6 is 11.6 Å². The Morgan fingerprint density at radius 2 is 2.03 bits per heavy atom. The first kappa shape index (κ1) is 22.9. The monoisotopic (exact) mass is 479 g/mol. The highest BCUT2D eigenvalue weighted by Crippen LogP contribution is 2.31. The molecule has 0 bridgehead atoms. The van der Waals surface area contributed by atoms with Crippen molar-refractivity contribution in [1.29, 1.82) is 0 Å². The minimum Gasteiger partial charge on any atom is -0.394 e. The van der Waals surface area contributed by atoms with Crippen LogP contribution in [0.3, 0.4) is 0 Å². The minimum atomic E-state index is -0.439. The first-order valence-corrected chi connectivity index (χ1v) is 12.4. The van der Waals surface area contributed by atoms with Crippen molar-refractivity contribution in [2.45, 2.75) is 57.7 Å². The number of carbonyl (C=O) groups excluding carboxylic acids is 1. The third kappa shape index (κ3) is 4.55. The number of anilines is 1. The summed E-state index contributed by atoms with van der Waals surface area (Å²) < 4.78 is 1.98. The molecule has 1 amide bonds. The number of halogens is 1. The molecule has 0 spiro atoms. The molecule has 1 aromatic carbocycles. The van der Waals surface area contributed by atoms with Crippen LogP contribution in [0.2, 0.25) is 5.02 Å². The predicted octanol–water partition coefficient (Wildman–Crippen LogP) is 4.84. The number of fused-ring (bicyclic) bond motifs is 1. The maximum atomic E-state index is 13.5. The van der Waals surface area contributed by atoms with E-state index in [1.807, 2.05) is 42.1 Å². The lowest BCUT2D eigenvalue weighted by molar-refractivity contribution is 0.0526. The molecule has 0 unspecified atom stereocenters. The summed E-state index contributed by atoms with van der Waals surface area (Å²) in [6.07, 6.45) is 9.92. The van der Waals surface area contributed by atoms with Gasteiger partial charge in [0.2, 0.25) is 5.95 Å². The van der Waals surface area contributed by atoms with E-state index in [1.165, 1.54) is 19.3 Å². The van der Waals surface area contributed by atoms with Crippen LogP contribution in [0.15, 0.2) is 42.7 Å². The molecular weight excluding hydrogens is 450 g/mol. The Morgan fingerprint density at radius 1 is 1.21 bits per heavy atom. The Hall–Kier alpha value is -2.90. The summed E-state index contributed by atoms with van der Waals surface area (Å²) >= 11 is 6.16. The molecule has 3 heterocycles. The molecule has 1 atom stereocenters. The average molecular weight is 480 g/mol. The summed E-state index contributed by atoms with van der Waals surface area (Å²) in [5.41, 5.74) is 4.13. The standard InChI is InChI=1S/C26H30ClN5O2/c1-17-14-28-26(29-21-8-3-2-4-9-21)30-24(17)19-13-22-25(34)32(11-10-31(22)15-19)23(16-33)18-6-5-7-20(27)12-18/h5-7,12-15,21,23,33H,2-4,8-11,16H2,1H3,(H,28,29,30)/t23-/m0/s1. The number of aliphatic hydroxyl groups is 1. The van der Waals surface area contributed by atoms with Crippen LogP contribution in [-0.2, 0) is 6.54 Å². The second kappa shape index (κ2) is 9.76. The second-order valence-electron chi connectivity index (χ2n) is 9.26. The number of hydrogen-bond donors (Lipinski definition) is 2. The Balaban J connectivity index is 1.41. The van der Waals surface area contributed by atoms with Gasteiger partial charge in [0.1, 0.15) is 5.69 Å². The SMILES string of the molecule is Cc1cnc(NC2CCCCC2)nc1-c1cc2n(c1)CCN([C@@H](CO)c1cccc(Cl)c1)C2=O. The number of nitrogens with zero attached hydrogens (tertiary/aromatic N) is 4. The van der Waals surface area contributed by atoms with Crippen molar-refractivity contribution in [1.82, 2.24) is 19.4 Å². The third-order valence-electron chi connectivity index (χ3n) is 6.92. The zero-order valence-corrected chi connectivity index (χ0v) is 20.1. The lowest BCUT2D eigenvalue weighted by Crippen LogP contribution is -2.43. The van der Waals surface area contributed by atoms with Crippen molar-refractivity contribution >= 4 is 23.5 Å². The minimum absolute atomic E-state index is 0.108. The van der Waals surface area contributed by atoms with Crippen LogP contribution in [0.5, 0.6) is 0 Å². The van der Waals surface area contributed by atoms with E-state index in [1.54, 1.807) is 17.0 Å². The molecule has 1 saturated carbocycles. The zero-order valence-electron chi connectivity index (χ0n) is 19.4. The van der Waals surface area contributed by atoms with E-state index >= 15 is 0 Å². The molecule has 7 nitrogen and oxygen atoms in total. The summed E-state index contributed by atoms with van der Waals surface area (Å²) in [6.45, 7) is 2.98. The average Bonchev–Trinajstić information content (AvgIpc) is 3.28. The number of hydrogen-bond acceptors (Lipinski definition) is 5. The van der Waals surface area contributed by atoms with E-state index in [4.69, 9.17) is 16.6 Å². The molecule has 0 saturated heterocycles. The van der Waals surface area contributed by atoms with Gasteiger partial charge in [-0.2, -0.15) is 0 Å². The van der Waals surface area contributed by atoms with Gasteiger partial charge in [0.05, 0.1) is 18.3 Å². The van der Waals surface area contributed by atoms with Gasteiger partial charge in [-0.15, -0.1) is 0 Å². The van der Waals surface area contributed by atoms with E-state index in [9.17, 15) is 9.90 Å². The molecule has 5 rings (SSSR count). The molecule has 2 aliphatic rings. The Morgan fingerprint density at radius 3 is 2.79 bits per heavy atom. The first-order chi connectivity index (χ1) is 16.5. The van der Waals surface area contributed by atoms with Gasteiger partial charge < -0.3 is 19.9 Å². The fraction of sp³-hybridized carbons (Fsp3) is 0.423. The Bertz CT molecular complexity index is 1190. The molecule has 2 aromatic heterocycles. The van der Waals surface area contributed by atoms with Crippen LogP contribution in [0.1, 0.15) is 59.8 Å². The molecule has 1 fully saturated rings. The highest BCUT2D eigenvalue weighted by Gasteiger charge is 2.32. The lowest BCUT2D eigenvalue weighted by atomic mass is 9.96.